The Morgan fingerprint density at radius 1 is 1.14 bits per heavy atom. The van der Waals surface area contributed by atoms with Crippen molar-refractivity contribution in [2.24, 2.45) is 11.3 Å². The molecule has 9 heteroatoms. The van der Waals surface area contributed by atoms with Crippen LogP contribution in [0.3, 0.4) is 0 Å². The van der Waals surface area contributed by atoms with Gasteiger partial charge in [0.15, 0.2) is 0 Å². The minimum Gasteiger partial charge on any atom is -0.480 e. The van der Waals surface area contributed by atoms with Crippen LogP contribution in [0.25, 0.3) is 0 Å². The smallest absolute Gasteiger partial charge is 0.410 e. The van der Waals surface area contributed by atoms with Crippen LogP contribution in [0.5, 0.6) is 0 Å². The summed E-state index contributed by atoms with van der Waals surface area (Å²) >= 11 is 0. The summed E-state index contributed by atoms with van der Waals surface area (Å²) in [4.78, 5) is 49.1. The van der Waals surface area contributed by atoms with Crippen molar-refractivity contribution >= 4 is 24.4 Å². The number of alkyl carbamates (subject to hydrolysis) is 1. The highest BCUT2D eigenvalue weighted by Gasteiger charge is 2.54. The van der Waals surface area contributed by atoms with E-state index in [1.807, 2.05) is 0 Å². The molecule has 1 saturated carbocycles. The van der Waals surface area contributed by atoms with E-state index >= 15 is 0 Å². The first-order valence-electron chi connectivity index (χ1n) is 9.23. The average molecular weight is 400 g/mol. The molecule has 0 aliphatic heterocycles. The molecule has 1 aliphatic carbocycles. The van der Waals surface area contributed by atoms with Crippen molar-refractivity contribution in [3.63, 3.8) is 0 Å². The summed E-state index contributed by atoms with van der Waals surface area (Å²) in [7, 11) is 1.49. The van der Waals surface area contributed by atoms with Crippen molar-refractivity contribution in [2.45, 2.75) is 71.6 Å². The van der Waals surface area contributed by atoms with Gasteiger partial charge < -0.3 is 29.6 Å². The van der Waals surface area contributed by atoms with E-state index in [-0.39, 0.29) is 19.4 Å². The highest BCUT2D eigenvalue weighted by Crippen LogP contribution is 2.43. The lowest BCUT2D eigenvalue weighted by atomic mass is 9.79. The number of carboxylic acids is 1. The monoisotopic (exact) mass is 400 g/mol. The zero-order chi connectivity index (χ0) is 21.9. The number of nitrogens with zero attached hydrogens (tertiary/aromatic N) is 1. The lowest BCUT2D eigenvalue weighted by molar-refractivity contribution is -0.154. The highest BCUT2D eigenvalue weighted by atomic mass is 16.6. The van der Waals surface area contributed by atoms with Crippen molar-refractivity contribution in [1.82, 2.24) is 10.2 Å². The molecule has 2 amide bonds. The summed E-state index contributed by atoms with van der Waals surface area (Å²) in [5.41, 5.74) is -3.10. The minimum atomic E-state index is -1.70. The van der Waals surface area contributed by atoms with Crippen LogP contribution >= 0.6 is 0 Å². The Morgan fingerprint density at radius 3 is 2.11 bits per heavy atom. The van der Waals surface area contributed by atoms with E-state index in [1.54, 1.807) is 41.5 Å². The molecule has 160 valence electrons. The van der Waals surface area contributed by atoms with Crippen LogP contribution in [-0.2, 0) is 19.1 Å². The fraction of sp³-hybridized carbons (Fsp3) is 0.789. The van der Waals surface area contributed by atoms with Crippen LogP contribution in [0.2, 0.25) is 0 Å². The number of aldehydes is 1. The van der Waals surface area contributed by atoms with Crippen molar-refractivity contribution in [2.75, 3.05) is 13.6 Å². The van der Waals surface area contributed by atoms with E-state index in [1.165, 1.54) is 11.9 Å². The number of hydrogen-bond donors (Lipinski definition) is 2. The van der Waals surface area contributed by atoms with Crippen LogP contribution in [0.1, 0.15) is 54.4 Å². The number of carbonyl (C=O) groups is 4. The molecule has 0 radical (unpaired) electrons. The second-order valence-electron chi connectivity index (χ2n) is 9.30. The van der Waals surface area contributed by atoms with Gasteiger partial charge >= 0.3 is 18.2 Å². The number of aliphatic carboxylic acids is 1. The van der Waals surface area contributed by atoms with Gasteiger partial charge in [0, 0.05) is 25.6 Å². The van der Waals surface area contributed by atoms with Gasteiger partial charge in [-0.2, -0.15) is 0 Å². The molecule has 1 rings (SSSR count). The fourth-order valence-electron chi connectivity index (χ4n) is 3.23. The Bertz CT molecular complexity index is 621. The largest absolute Gasteiger partial charge is 0.480 e. The van der Waals surface area contributed by atoms with Crippen molar-refractivity contribution in [3.05, 3.63) is 0 Å². The molecule has 0 aromatic heterocycles. The molecule has 3 atom stereocenters. The van der Waals surface area contributed by atoms with E-state index in [0.29, 0.717) is 6.29 Å². The first kappa shape index (κ1) is 23.7. The quantitative estimate of drug-likeness (QED) is 0.537. The minimum absolute atomic E-state index is 0.00640. The molecule has 1 fully saturated rings. The molecule has 0 saturated heterocycles. The summed E-state index contributed by atoms with van der Waals surface area (Å²) in [6.45, 7) is 10.3. The van der Waals surface area contributed by atoms with E-state index < -0.39 is 46.7 Å². The highest BCUT2D eigenvalue weighted by molar-refractivity contribution is 5.93. The van der Waals surface area contributed by atoms with Gasteiger partial charge in [-0.15, -0.1) is 0 Å². The lowest BCUT2D eigenvalue weighted by Crippen LogP contribution is -2.44. The molecular weight excluding hydrogens is 368 g/mol. The standard InChI is InChI=1S/C19H32N2O7/c1-17(2,3)27-15(25)20-13-8-12(19(9-13,11-22)14(23)24)10-21(7)16(26)28-18(4,5)6/h11-13H,8-10H2,1-7H3,(H,20,25)(H,23,24)/t12-,13+,19-/m0/s1. The number of amides is 2. The molecule has 9 nitrogen and oxygen atoms in total. The Hall–Kier alpha value is -2.32. The van der Waals surface area contributed by atoms with Crippen molar-refractivity contribution in [3.8, 4) is 0 Å². The summed E-state index contributed by atoms with van der Waals surface area (Å²) < 4.78 is 10.5. The van der Waals surface area contributed by atoms with Crippen LogP contribution in [0.4, 0.5) is 9.59 Å². The summed E-state index contributed by atoms with van der Waals surface area (Å²) in [6, 6.07) is -0.562. The van der Waals surface area contributed by atoms with E-state index in [9.17, 15) is 24.3 Å². The predicted octanol–water partition coefficient (Wildman–Crippen LogP) is 2.43. The van der Waals surface area contributed by atoms with Gasteiger partial charge in [-0.1, -0.05) is 0 Å². The van der Waals surface area contributed by atoms with Gasteiger partial charge in [-0.05, 0) is 54.4 Å². The molecule has 28 heavy (non-hydrogen) atoms. The third kappa shape index (κ3) is 6.38. The van der Waals surface area contributed by atoms with Crippen LogP contribution in [0, 0.1) is 11.3 Å². The van der Waals surface area contributed by atoms with Gasteiger partial charge in [0.05, 0.1) is 0 Å². The molecule has 0 spiro atoms. The summed E-state index contributed by atoms with van der Waals surface area (Å²) in [6.07, 6.45) is -0.736. The Balaban J connectivity index is 2.92. The van der Waals surface area contributed by atoms with Gasteiger partial charge in [0.25, 0.3) is 0 Å². The number of rotatable bonds is 5. The van der Waals surface area contributed by atoms with Gasteiger partial charge in [-0.3, -0.25) is 4.79 Å². The maximum Gasteiger partial charge on any atom is 0.410 e. The van der Waals surface area contributed by atoms with E-state index in [2.05, 4.69) is 5.32 Å². The second kappa shape index (κ2) is 8.36. The molecule has 1 aliphatic rings. The number of carboxylic acid groups (broad SMARTS) is 1. The number of carbonyl (C=O) groups excluding carboxylic acids is 3. The maximum absolute atomic E-state index is 12.2. The van der Waals surface area contributed by atoms with E-state index in [4.69, 9.17) is 9.47 Å². The predicted molar refractivity (Wildman–Crippen MR) is 101 cm³/mol. The number of nitrogens with one attached hydrogen (secondary N) is 1. The average Bonchev–Trinajstić information content (AvgIpc) is 2.81. The first-order valence-corrected chi connectivity index (χ1v) is 9.23. The van der Waals surface area contributed by atoms with E-state index in [0.717, 1.165) is 0 Å². The summed E-state index contributed by atoms with van der Waals surface area (Å²) in [5.74, 6) is -1.96. The summed E-state index contributed by atoms with van der Waals surface area (Å²) in [5, 5.41) is 12.3. The normalized spacial score (nSPS) is 25.0. The Morgan fingerprint density at radius 2 is 1.68 bits per heavy atom. The number of ether oxygens (including phenoxy) is 2. The van der Waals surface area contributed by atoms with Crippen molar-refractivity contribution < 1.29 is 33.8 Å². The first-order chi connectivity index (χ1) is 12.6. The maximum atomic E-state index is 12.2. The topological polar surface area (TPSA) is 122 Å². The molecule has 0 aromatic carbocycles. The second-order valence-corrected chi connectivity index (χ2v) is 9.30. The fourth-order valence-corrected chi connectivity index (χ4v) is 3.23. The van der Waals surface area contributed by atoms with Gasteiger partial charge in [0.1, 0.15) is 22.9 Å². The van der Waals surface area contributed by atoms with Gasteiger partial charge in [-0.25, -0.2) is 9.59 Å². The zero-order valence-corrected chi connectivity index (χ0v) is 17.7. The lowest BCUT2D eigenvalue weighted by Gasteiger charge is -2.30. The molecule has 0 heterocycles. The van der Waals surface area contributed by atoms with Crippen LogP contribution in [-0.4, -0.2) is 65.3 Å². The SMILES string of the molecule is CN(C[C@@H]1C[C@@H](NC(=O)OC(C)(C)C)C[C@@]1(C=O)C(=O)O)C(=O)OC(C)(C)C. The molecule has 0 unspecified atom stereocenters. The Kier molecular flexibility index (Phi) is 7.08. The number of hydrogen-bond acceptors (Lipinski definition) is 6. The molecule has 0 bridgehead atoms. The molecule has 2 N–H and O–H groups in total. The third-order valence-corrected chi connectivity index (χ3v) is 4.41. The zero-order valence-electron chi connectivity index (χ0n) is 17.7. The molecular formula is C19H32N2O7. The third-order valence-electron chi connectivity index (χ3n) is 4.41. The van der Waals surface area contributed by atoms with Gasteiger partial charge in [0.2, 0.25) is 0 Å². The van der Waals surface area contributed by atoms with Crippen LogP contribution < -0.4 is 5.32 Å². The van der Waals surface area contributed by atoms with Crippen molar-refractivity contribution in [1.29, 1.82) is 0 Å². The molecule has 0 aromatic rings. The Labute approximate surface area is 165 Å². The van der Waals surface area contributed by atoms with Crippen LogP contribution in [0.15, 0.2) is 0 Å².